The van der Waals surface area contributed by atoms with Crippen molar-refractivity contribution >= 4 is 24.0 Å². The number of aromatic hydroxyl groups is 1. The number of hydrogen-bond acceptors (Lipinski definition) is 2. The molecule has 0 saturated heterocycles. The minimum atomic E-state index is -0.808. The van der Waals surface area contributed by atoms with Crippen molar-refractivity contribution in [3.63, 3.8) is 0 Å². The molecule has 0 amide bonds. The zero-order valence-electron chi connectivity index (χ0n) is 7.63. The van der Waals surface area contributed by atoms with E-state index in [1.54, 1.807) is 13.0 Å². The second kappa shape index (κ2) is 5.39. The average molecular weight is 240 g/mol. The van der Waals surface area contributed by atoms with Crippen LogP contribution in [0.1, 0.15) is 17.2 Å². The lowest BCUT2D eigenvalue weighted by atomic mass is 10.0. The molecule has 0 bridgehead atoms. The molecule has 5 heteroatoms. The van der Waals surface area contributed by atoms with Gasteiger partial charge in [0.1, 0.15) is 12.4 Å². The van der Waals surface area contributed by atoms with Crippen LogP contribution in [0, 0.1) is 6.92 Å². The van der Waals surface area contributed by atoms with E-state index < -0.39 is 12.7 Å². The van der Waals surface area contributed by atoms with Crippen LogP contribution >= 0.6 is 24.0 Å². The summed E-state index contributed by atoms with van der Waals surface area (Å²) < 4.78 is 12.2. The van der Waals surface area contributed by atoms with Gasteiger partial charge in [0.2, 0.25) is 0 Å². The number of alkyl halides is 1. The quantitative estimate of drug-likeness (QED) is 0.834. The second-order valence-electron chi connectivity index (χ2n) is 2.92. The predicted molar refractivity (Wildman–Crippen MR) is 58.0 cm³/mol. The minimum Gasteiger partial charge on any atom is -0.507 e. The number of aryl methyl sites for hydroxylation is 1. The molecule has 0 aliphatic heterocycles. The van der Waals surface area contributed by atoms with Crippen LogP contribution in [0.15, 0.2) is 12.1 Å². The number of phenolic OH excluding ortho intramolecular Hbond substituents is 1. The van der Waals surface area contributed by atoms with Crippen LogP contribution in [-0.2, 0) is 0 Å². The molecule has 0 heterocycles. The first-order chi connectivity index (χ1) is 6.06. The summed E-state index contributed by atoms with van der Waals surface area (Å²) in [7, 11) is 0. The molecule has 14 heavy (non-hydrogen) atoms. The molecule has 1 rings (SSSR count). The van der Waals surface area contributed by atoms with Crippen LogP contribution in [0.25, 0.3) is 0 Å². The highest BCUT2D eigenvalue weighted by Crippen LogP contribution is 2.30. The van der Waals surface area contributed by atoms with Crippen LogP contribution in [0.3, 0.4) is 0 Å². The summed E-state index contributed by atoms with van der Waals surface area (Å²) in [6.45, 7) is 0.975. The Bertz CT molecular complexity index is 320. The number of benzene rings is 1. The van der Waals surface area contributed by atoms with Crippen molar-refractivity contribution in [2.24, 2.45) is 5.73 Å². The lowest BCUT2D eigenvalue weighted by Crippen LogP contribution is -2.12. The van der Waals surface area contributed by atoms with Gasteiger partial charge in [0, 0.05) is 10.6 Å². The van der Waals surface area contributed by atoms with Gasteiger partial charge in [0.15, 0.2) is 0 Å². The Balaban J connectivity index is 0.00000169. The van der Waals surface area contributed by atoms with Gasteiger partial charge in [-0.3, -0.25) is 0 Å². The van der Waals surface area contributed by atoms with Gasteiger partial charge in [0.25, 0.3) is 0 Å². The third-order valence-corrected chi connectivity index (χ3v) is 2.08. The fraction of sp³-hybridized carbons (Fsp3) is 0.333. The van der Waals surface area contributed by atoms with Crippen molar-refractivity contribution in [2.75, 3.05) is 6.67 Å². The highest BCUT2D eigenvalue weighted by atomic mass is 35.5. The molecule has 1 aromatic carbocycles. The summed E-state index contributed by atoms with van der Waals surface area (Å²) in [5.74, 6) is 0.0227. The Labute approximate surface area is 93.3 Å². The fourth-order valence-corrected chi connectivity index (χ4v) is 1.41. The summed E-state index contributed by atoms with van der Waals surface area (Å²) >= 11 is 5.73. The lowest BCUT2D eigenvalue weighted by Gasteiger charge is -2.12. The van der Waals surface area contributed by atoms with E-state index in [4.69, 9.17) is 17.3 Å². The molecule has 2 nitrogen and oxygen atoms in total. The monoisotopic (exact) mass is 239 g/mol. The van der Waals surface area contributed by atoms with Gasteiger partial charge in [-0.1, -0.05) is 11.6 Å². The second-order valence-corrected chi connectivity index (χ2v) is 3.36. The molecule has 0 unspecified atom stereocenters. The van der Waals surface area contributed by atoms with E-state index in [2.05, 4.69) is 0 Å². The molecule has 0 aliphatic carbocycles. The van der Waals surface area contributed by atoms with E-state index >= 15 is 0 Å². The number of rotatable bonds is 2. The van der Waals surface area contributed by atoms with Crippen LogP contribution in [0.2, 0.25) is 5.02 Å². The van der Waals surface area contributed by atoms with Gasteiger partial charge in [-0.25, -0.2) is 4.39 Å². The molecule has 0 aromatic heterocycles. The Hall–Kier alpha value is -0.510. The van der Waals surface area contributed by atoms with Crippen molar-refractivity contribution in [3.8, 4) is 5.75 Å². The van der Waals surface area contributed by atoms with Crippen LogP contribution in [0.4, 0.5) is 4.39 Å². The molecule has 0 fully saturated rings. The Morgan fingerprint density at radius 3 is 2.64 bits per heavy atom. The maximum Gasteiger partial charge on any atom is 0.123 e. The van der Waals surface area contributed by atoms with E-state index in [0.29, 0.717) is 16.1 Å². The molecule has 1 aromatic rings. The van der Waals surface area contributed by atoms with E-state index in [1.807, 2.05) is 0 Å². The van der Waals surface area contributed by atoms with Gasteiger partial charge in [-0.2, -0.15) is 0 Å². The first-order valence-corrected chi connectivity index (χ1v) is 4.24. The van der Waals surface area contributed by atoms with Crippen molar-refractivity contribution in [3.05, 3.63) is 28.3 Å². The number of nitrogens with two attached hydrogens (primary N) is 1. The minimum absolute atomic E-state index is 0. The smallest absolute Gasteiger partial charge is 0.123 e. The average Bonchev–Trinajstić information content (AvgIpc) is 2.10. The summed E-state index contributed by atoms with van der Waals surface area (Å²) in [5.41, 5.74) is 6.40. The van der Waals surface area contributed by atoms with E-state index in [9.17, 15) is 9.50 Å². The lowest BCUT2D eigenvalue weighted by molar-refractivity contribution is 0.413. The van der Waals surface area contributed by atoms with Crippen molar-refractivity contribution in [1.29, 1.82) is 0 Å². The van der Waals surface area contributed by atoms with E-state index in [1.165, 1.54) is 6.07 Å². The summed E-state index contributed by atoms with van der Waals surface area (Å²) in [6.07, 6.45) is 0. The van der Waals surface area contributed by atoms with Crippen molar-refractivity contribution in [1.82, 2.24) is 0 Å². The molecule has 0 saturated carbocycles. The standard InChI is InChI=1S/C9H11ClFNO.ClH/c1-5-2-6(10)3-7(9(5)13)8(12)4-11;/h2-3,8,13H,4,12H2,1H3;1H/t8-;/m1./s1. The first kappa shape index (κ1) is 13.5. The first-order valence-electron chi connectivity index (χ1n) is 3.86. The van der Waals surface area contributed by atoms with E-state index in [0.717, 1.165) is 0 Å². The van der Waals surface area contributed by atoms with Crippen LogP contribution in [-0.4, -0.2) is 11.8 Å². The third kappa shape index (κ3) is 2.74. The Morgan fingerprint density at radius 1 is 1.57 bits per heavy atom. The third-order valence-electron chi connectivity index (χ3n) is 1.86. The fourth-order valence-electron chi connectivity index (χ4n) is 1.13. The highest BCUT2D eigenvalue weighted by molar-refractivity contribution is 6.30. The molecular weight excluding hydrogens is 228 g/mol. The summed E-state index contributed by atoms with van der Waals surface area (Å²) in [4.78, 5) is 0. The predicted octanol–water partition coefficient (Wildman–Crippen LogP) is 2.75. The SMILES string of the molecule is Cc1cc(Cl)cc([C@H](N)CF)c1O.Cl. The Kier molecular flexibility index (Phi) is 5.19. The molecule has 0 spiro atoms. The molecule has 0 radical (unpaired) electrons. The number of phenols is 1. The molecule has 3 N–H and O–H groups in total. The molecular formula is C9H12Cl2FNO. The number of halogens is 3. The highest BCUT2D eigenvalue weighted by Gasteiger charge is 2.13. The van der Waals surface area contributed by atoms with Crippen LogP contribution in [0.5, 0.6) is 5.75 Å². The normalized spacial score (nSPS) is 12.0. The van der Waals surface area contributed by atoms with Crippen LogP contribution < -0.4 is 5.73 Å². The number of hydrogen-bond donors (Lipinski definition) is 2. The van der Waals surface area contributed by atoms with Crippen molar-refractivity contribution in [2.45, 2.75) is 13.0 Å². The molecule has 80 valence electrons. The zero-order valence-corrected chi connectivity index (χ0v) is 9.20. The van der Waals surface area contributed by atoms with Gasteiger partial charge in [-0.05, 0) is 24.6 Å². The molecule has 0 aliphatic rings. The van der Waals surface area contributed by atoms with E-state index in [-0.39, 0.29) is 18.2 Å². The Morgan fingerprint density at radius 2 is 2.14 bits per heavy atom. The zero-order chi connectivity index (χ0) is 10.0. The topological polar surface area (TPSA) is 46.2 Å². The maximum atomic E-state index is 12.2. The van der Waals surface area contributed by atoms with Gasteiger partial charge in [0.05, 0.1) is 6.04 Å². The summed E-state index contributed by atoms with van der Waals surface area (Å²) in [5, 5.41) is 9.97. The van der Waals surface area contributed by atoms with Crippen molar-refractivity contribution < 1.29 is 9.50 Å². The maximum absolute atomic E-state index is 12.2. The largest absolute Gasteiger partial charge is 0.507 e. The van der Waals surface area contributed by atoms with Gasteiger partial charge < -0.3 is 10.8 Å². The van der Waals surface area contributed by atoms with Gasteiger partial charge >= 0.3 is 0 Å². The van der Waals surface area contributed by atoms with Gasteiger partial charge in [-0.15, -0.1) is 12.4 Å². The summed E-state index contributed by atoms with van der Waals surface area (Å²) in [6, 6.07) is 2.27. The molecule has 1 atom stereocenters.